The van der Waals surface area contributed by atoms with E-state index in [1.54, 1.807) is 48.5 Å². The Labute approximate surface area is 196 Å². The molecule has 0 spiro atoms. The van der Waals surface area contributed by atoms with E-state index >= 15 is 0 Å². The molecule has 0 bridgehead atoms. The first-order chi connectivity index (χ1) is 15.5. The van der Waals surface area contributed by atoms with E-state index in [9.17, 15) is 4.79 Å². The van der Waals surface area contributed by atoms with E-state index in [2.05, 4.69) is 10.5 Å². The van der Waals surface area contributed by atoms with Crippen molar-refractivity contribution in [3.05, 3.63) is 87.4 Å². The number of hydrazone groups is 1. The van der Waals surface area contributed by atoms with Crippen molar-refractivity contribution >= 4 is 35.3 Å². The summed E-state index contributed by atoms with van der Waals surface area (Å²) in [5.74, 6) is 1.22. The highest BCUT2D eigenvalue weighted by molar-refractivity contribution is 6.32. The third kappa shape index (κ3) is 6.39. The van der Waals surface area contributed by atoms with Crippen molar-refractivity contribution < 1.29 is 19.0 Å². The summed E-state index contributed by atoms with van der Waals surface area (Å²) in [6.07, 6.45) is 1.50. The molecule has 0 atom stereocenters. The summed E-state index contributed by atoms with van der Waals surface area (Å²) in [5, 5.41) is 5.10. The molecule has 1 N–H and O–H groups in total. The average molecular weight is 473 g/mol. The number of amides is 1. The minimum atomic E-state index is -0.378. The lowest BCUT2D eigenvalue weighted by Gasteiger charge is -2.10. The molecule has 0 radical (unpaired) electrons. The molecule has 0 saturated carbocycles. The van der Waals surface area contributed by atoms with Crippen LogP contribution < -0.4 is 19.6 Å². The van der Waals surface area contributed by atoms with Gasteiger partial charge < -0.3 is 14.2 Å². The van der Waals surface area contributed by atoms with Crippen LogP contribution in [-0.2, 0) is 6.61 Å². The largest absolute Gasteiger partial charge is 0.493 e. The minimum absolute atomic E-state index is 0.367. The van der Waals surface area contributed by atoms with Crippen molar-refractivity contribution in [2.24, 2.45) is 5.10 Å². The van der Waals surface area contributed by atoms with E-state index in [1.165, 1.54) is 13.3 Å². The Morgan fingerprint density at radius 1 is 0.969 bits per heavy atom. The van der Waals surface area contributed by atoms with Crippen LogP contribution in [0.4, 0.5) is 0 Å². The first-order valence-corrected chi connectivity index (χ1v) is 10.6. The number of nitrogens with zero attached hydrogens (tertiary/aromatic N) is 1. The summed E-state index contributed by atoms with van der Waals surface area (Å²) in [5.41, 5.74) is 4.56. The topological polar surface area (TPSA) is 69.2 Å². The molecule has 0 aliphatic carbocycles. The maximum atomic E-state index is 12.4. The number of rotatable bonds is 9. The van der Waals surface area contributed by atoms with Gasteiger partial charge >= 0.3 is 0 Å². The molecule has 3 aromatic carbocycles. The lowest BCUT2D eigenvalue weighted by atomic mass is 10.2. The van der Waals surface area contributed by atoms with Crippen molar-refractivity contribution in [3.63, 3.8) is 0 Å². The van der Waals surface area contributed by atoms with E-state index in [4.69, 9.17) is 37.4 Å². The Balaban J connectivity index is 1.58. The van der Waals surface area contributed by atoms with Crippen molar-refractivity contribution in [1.29, 1.82) is 0 Å². The van der Waals surface area contributed by atoms with E-state index in [1.807, 2.05) is 19.1 Å². The summed E-state index contributed by atoms with van der Waals surface area (Å²) in [7, 11) is 1.52. The van der Waals surface area contributed by atoms with Crippen molar-refractivity contribution in [2.45, 2.75) is 13.5 Å². The molecule has 0 fully saturated rings. The number of nitrogens with one attached hydrogen (secondary N) is 1. The van der Waals surface area contributed by atoms with Crippen LogP contribution in [0.25, 0.3) is 0 Å². The Morgan fingerprint density at radius 2 is 1.72 bits per heavy atom. The highest BCUT2D eigenvalue weighted by Gasteiger charge is 2.10. The molecular weight excluding hydrogens is 451 g/mol. The predicted molar refractivity (Wildman–Crippen MR) is 126 cm³/mol. The maximum absolute atomic E-state index is 12.4. The molecule has 32 heavy (non-hydrogen) atoms. The van der Waals surface area contributed by atoms with Crippen LogP contribution in [-0.4, -0.2) is 25.8 Å². The van der Waals surface area contributed by atoms with Gasteiger partial charge in [-0.15, -0.1) is 0 Å². The van der Waals surface area contributed by atoms with Gasteiger partial charge in [0.2, 0.25) is 0 Å². The maximum Gasteiger partial charge on any atom is 0.271 e. The number of hydrogen-bond donors (Lipinski definition) is 1. The second-order valence-electron chi connectivity index (χ2n) is 6.60. The molecular formula is C24H22Cl2N2O4. The van der Waals surface area contributed by atoms with Crippen LogP contribution in [0.15, 0.2) is 65.8 Å². The number of ether oxygens (including phenoxy) is 3. The number of carbonyl (C=O) groups is 1. The van der Waals surface area contributed by atoms with Gasteiger partial charge in [-0.1, -0.05) is 35.3 Å². The van der Waals surface area contributed by atoms with Crippen molar-refractivity contribution in [1.82, 2.24) is 5.43 Å². The Bertz CT molecular complexity index is 1100. The minimum Gasteiger partial charge on any atom is -0.493 e. The lowest BCUT2D eigenvalue weighted by Crippen LogP contribution is -2.17. The van der Waals surface area contributed by atoms with Crippen molar-refractivity contribution in [2.75, 3.05) is 13.7 Å². The van der Waals surface area contributed by atoms with Gasteiger partial charge in [-0.25, -0.2) is 5.43 Å². The van der Waals surface area contributed by atoms with E-state index < -0.39 is 0 Å². The number of carbonyl (C=O) groups excluding carboxylic acids is 1. The third-order valence-corrected chi connectivity index (χ3v) is 4.92. The summed E-state index contributed by atoms with van der Waals surface area (Å²) in [4.78, 5) is 12.4. The number of benzene rings is 3. The normalized spacial score (nSPS) is 10.8. The van der Waals surface area contributed by atoms with Crippen molar-refractivity contribution in [3.8, 4) is 17.2 Å². The molecule has 6 nitrogen and oxygen atoms in total. The predicted octanol–water partition coefficient (Wildman–Crippen LogP) is 5.74. The van der Waals surface area contributed by atoms with Gasteiger partial charge in [0.15, 0.2) is 11.5 Å². The van der Waals surface area contributed by atoms with E-state index in [0.29, 0.717) is 51.6 Å². The summed E-state index contributed by atoms with van der Waals surface area (Å²) < 4.78 is 16.5. The van der Waals surface area contributed by atoms with Gasteiger partial charge in [-0.05, 0) is 66.6 Å². The van der Waals surface area contributed by atoms with Gasteiger partial charge in [0.05, 0.1) is 25.0 Å². The molecule has 0 aliphatic rings. The fraction of sp³-hybridized carbons (Fsp3) is 0.167. The van der Waals surface area contributed by atoms with Crippen LogP contribution in [0.5, 0.6) is 17.2 Å². The highest BCUT2D eigenvalue weighted by atomic mass is 35.5. The molecule has 0 aliphatic heterocycles. The van der Waals surface area contributed by atoms with E-state index in [-0.39, 0.29) is 5.91 Å². The smallest absolute Gasteiger partial charge is 0.271 e. The van der Waals surface area contributed by atoms with Gasteiger partial charge in [0.25, 0.3) is 5.91 Å². The quantitative estimate of drug-likeness (QED) is 0.318. The molecule has 0 saturated heterocycles. The monoisotopic (exact) mass is 472 g/mol. The standard InChI is InChI=1S/C24H22Cl2N2O4/c1-3-31-22-11-7-18(13-23(22)30-2)24(29)28-27-14-17-6-10-21(20(26)12-17)32-15-16-4-8-19(25)9-5-16/h4-14H,3,15H2,1-2H3,(H,28,29)/b27-14+. The number of hydrogen-bond acceptors (Lipinski definition) is 5. The molecule has 0 aromatic heterocycles. The van der Waals surface area contributed by atoms with Crippen LogP contribution >= 0.6 is 23.2 Å². The molecule has 8 heteroatoms. The zero-order valence-electron chi connectivity index (χ0n) is 17.6. The zero-order valence-corrected chi connectivity index (χ0v) is 19.1. The number of halogens is 2. The highest BCUT2D eigenvalue weighted by Crippen LogP contribution is 2.28. The molecule has 3 aromatic rings. The van der Waals surface area contributed by atoms with Gasteiger partial charge in [0.1, 0.15) is 12.4 Å². The van der Waals surface area contributed by atoms with Crippen LogP contribution in [0.3, 0.4) is 0 Å². The Kier molecular flexibility index (Phi) is 8.36. The second kappa shape index (κ2) is 11.4. The summed E-state index contributed by atoms with van der Waals surface area (Å²) in [6.45, 7) is 2.74. The van der Waals surface area contributed by atoms with Gasteiger partial charge in [-0.2, -0.15) is 5.10 Å². The van der Waals surface area contributed by atoms with Gasteiger partial charge in [0, 0.05) is 10.6 Å². The summed E-state index contributed by atoms with van der Waals surface area (Å²) >= 11 is 12.2. The third-order valence-electron chi connectivity index (χ3n) is 4.37. The Hall–Kier alpha value is -3.22. The molecule has 1 amide bonds. The zero-order chi connectivity index (χ0) is 22.9. The fourth-order valence-corrected chi connectivity index (χ4v) is 3.14. The van der Waals surface area contributed by atoms with E-state index in [0.717, 1.165) is 5.56 Å². The second-order valence-corrected chi connectivity index (χ2v) is 7.45. The molecule has 0 unspecified atom stereocenters. The van der Waals surface area contributed by atoms with Gasteiger partial charge in [-0.3, -0.25) is 4.79 Å². The first kappa shape index (κ1) is 23.4. The lowest BCUT2D eigenvalue weighted by molar-refractivity contribution is 0.0954. The molecule has 166 valence electrons. The average Bonchev–Trinajstić information content (AvgIpc) is 2.80. The summed E-state index contributed by atoms with van der Waals surface area (Å²) in [6, 6.07) is 17.6. The van der Waals surface area contributed by atoms with Crippen LogP contribution in [0, 0.1) is 0 Å². The van der Waals surface area contributed by atoms with Crippen LogP contribution in [0.1, 0.15) is 28.4 Å². The molecule has 0 heterocycles. The Morgan fingerprint density at radius 3 is 2.41 bits per heavy atom. The molecule has 3 rings (SSSR count). The first-order valence-electron chi connectivity index (χ1n) is 9.81. The van der Waals surface area contributed by atoms with Crippen LogP contribution in [0.2, 0.25) is 10.0 Å². The fourth-order valence-electron chi connectivity index (χ4n) is 2.77. The number of methoxy groups -OCH3 is 1. The SMILES string of the molecule is CCOc1ccc(C(=O)N/N=C/c2ccc(OCc3ccc(Cl)cc3)c(Cl)c2)cc1OC.